The van der Waals surface area contributed by atoms with E-state index in [-0.39, 0.29) is 25.3 Å². The Kier molecular flexibility index (Phi) is 12.4. The van der Waals surface area contributed by atoms with Crippen LogP contribution in [0, 0.1) is 0 Å². The second kappa shape index (κ2) is 14.1. The van der Waals surface area contributed by atoms with Gasteiger partial charge in [0.25, 0.3) is 0 Å². The molecule has 16 heteroatoms. The molecule has 0 aromatic rings. The average Bonchev–Trinajstić information content (AvgIpc) is 2.66. The molecule has 0 fully saturated rings. The molecule has 0 saturated carbocycles. The molecule has 0 aromatic heterocycles. The highest BCUT2D eigenvalue weighted by atomic mass is 16.4. The van der Waals surface area contributed by atoms with Gasteiger partial charge in [-0.3, -0.25) is 33.8 Å². The lowest BCUT2D eigenvalue weighted by Crippen LogP contribution is -2.56. The Bertz CT molecular complexity index is 752. The lowest BCUT2D eigenvalue weighted by atomic mass is 10.1. The maximum absolute atomic E-state index is 12.7. The Morgan fingerprint density at radius 2 is 1.41 bits per heavy atom. The monoisotopic (exact) mass is 460 g/mol. The molecule has 0 aliphatic carbocycles. The van der Waals surface area contributed by atoms with Crippen molar-refractivity contribution in [3.63, 3.8) is 0 Å². The van der Waals surface area contributed by atoms with Gasteiger partial charge in [-0.2, -0.15) is 0 Å². The van der Waals surface area contributed by atoms with Crippen molar-refractivity contribution in [1.82, 2.24) is 16.0 Å². The van der Waals surface area contributed by atoms with Gasteiger partial charge < -0.3 is 49.1 Å². The third kappa shape index (κ3) is 12.6. The normalized spacial score (nSPS) is 13.0. The van der Waals surface area contributed by atoms with Crippen molar-refractivity contribution in [2.45, 2.75) is 43.8 Å². The molecule has 32 heavy (non-hydrogen) atoms. The highest BCUT2D eigenvalue weighted by Crippen LogP contribution is 2.03. The van der Waals surface area contributed by atoms with Crippen molar-refractivity contribution in [2.75, 3.05) is 13.1 Å². The van der Waals surface area contributed by atoms with Gasteiger partial charge in [0, 0.05) is 6.54 Å². The van der Waals surface area contributed by atoms with E-state index in [1.165, 1.54) is 0 Å². The third-order valence-corrected chi connectivity index (χ3v) is 3.76. The number of amides is 4. The number of hydrogen-bond donors (Lipinski definition) is 9. The second-order valence-electron chi connectivity index (χ2n) is 6.56. The van der Waals surface area contributed by atoms with Gasteiger partial charge in [0.15, 0.2) is 5.96 Å². The van der Waals surface area contributed by atoms with E-state index in [4.69, 9.17) is 33.1 Å². The van der Waals surface area contributed by atoms with Crippen LogP contribution in [-0.2, 0) is 28.8 Å². The molecule has 4 amide bonds. The first-order chi connectivity index (χ1) is 14.8. The van der Waals surface area contributed by atoms with E-state index in [2.05, 4.69) is 15.6 Å². The van der Waals surface area contributed by atoms with Crippen LogP contribution in [0.15, 0.2) is 4.99 Å². The summed E-state index contributed by atoms with van der Waals surface area (Å²) in [5.74, 6) is -6.73. The topological polar surface area (TPSA) is 295 Å². The van der Waals surface area contributed by atoms with Crippen LogP contribution in [0.3, 0.4) is 0 Å². The number of nitrogens with zero attached hydrogens (tertiary/aromatic N) is 1. The maximum atomic E-state index is 12.7. The van der Waals surface area contributed by atoms with E-state index < -0.39 is 73.1 Å². The number of aliphatic carboxylic acids is 2. The van der Waals surface area contributed by atoms with Crippen molar-refractivity contribution in [3.8, 4) is 0 Å². The minimum Gasteiger partial charge on any atom is -0.481 e. The first kappa shape index (κ1) is 28.0. The van der Waals surface area contributed by atoms with Gasteiger partial charge in [-0.25, -0.2) is 0 Å². The molecule has 0 heterocycles. The summed E-state index contributed by atoms with van der Waals surface area (Å²) in [7, 11) is 0. The first-order valence-corrected chi connectivity index (χ1v) is 9.24. The Labute approximate surface area is 182 Å². The van der Waals surface area contributed by atoms with Gasteiger partial charge in [-0.05, 0) is 12.8 Å². The van der Waals surface area contributed by atoms with Crippen LogP contribution in [0.5, 0.6) is 0 Å². The molecule has 0 aliphatic rings. The standard InChI is InChI=1S/C16H28N8O8/c17-7(4-11(26)27)13(30)23-8(2-1-3-21-16(19)20)15(32)24-9(5-10(18)25)14(31)22-6-12(28)29/h7-9H,1-6,17H2,(H2,18,25)(H,22,31)(H,23,30)(H,24,32)(H,26,27)(H,28,29)(H4,19,20,21). The van der Waals surface area contributed by atoms with Crippen molar-refractivity contribution in [3.05, 3.63) is 0 Å². The molecule has 0 aliphatic heterocycles. The van der Waals surface area contributed by atoms with Gasteiger partial charge in [-0.15, -0.1) is 0 Å². The van der Waals surface area contributed by atoms with E-state index in [9.17, 15) is 28.8 Å². The van der Waals surface area contributed by atoms with E-state index in [1.807, 2.05) is 5.32 Å². The molecular formula is C16H28N8O8. The minimum absolute atomic E-state index is 0.0474. The predicted molar refractivity (Wildman–Crippen MR) is 108 cm³/mol. The van der Waals surface area contributed by atoms with Crippen molar-refractivity contribution in [2.24, 2.45) is 27.9 Å². The third-order valence-electron chi connectivity index (χ3n) is 3.76. The number of guanidine groups is 1. The SMILES string of the molecule is NC(=O)CC(NC(=O)C(CCCN=C(N)N)NC(=O)C(N)CC(=O)O)C(=O)NCC(=O)O. The number of hydrogen-bond acceptors (Lipinski definition) is 8. The lowest BCUT2D eigenvalue weighted by Gasteiger charge is -2.23. The number of nitrogens with two attached hydrogens (primary N) is 4. The fourth-order valence-electron chi connectivity index (χ4n) is 2.30. The fourth-order valence-corrected chi connectivity index (χ4v) is 2.30. The van der Waals surface area contributed by atoms with Crippen molar-refractivity contribution >= 4 is 41.5 Å². The smallest absolute Gasteiger partial charge is 0.322 e. The summed E-state index contributed by atoms with van der Waals surface area (Å²) in [6, 6.07) is -4.29. The largest absolute Gasteiger partial charge is 0.481 e. The molecule has 3 atom stereocenters. The molecule has 0 radical (unpaired) electrons. The Balaban J connectivity index is 5.39. The summed E-state index contributed by atoms with van der Waals surface area (Å²) in [5.41, 5.74) is 21.0. The zero-order chi connectivity index (χ0) is 24.8. The highest BCUT2D eigenvalue weighted by molar-refractivity contribution is 5.96. The number of carbonyl (C=O) groups excluding carboxylic acids is 4. The van der Waals surface area contributed by atoms with Crippen LogP contribution in [-0.4, -0.2) is 83.0 Å². The quantitative estimate of drug-likeness (QED) is 0.0632. The zero-order valence-corrected chi connectivity index (χ0v) is 17.1. The van der Waals surface area contributed by atoms with Gasteiger partial charge in [0.05, 0.1) is 18.9 Å². The van der Waals surface area contributed by atoms with E-state index in [0.717, 1.165) is 0 Å². The number of aliphatic imine (C=N–C) groups is 1. The minimum atomic E-state index is -1.52. The summed E-state index contributed by atoms with van der Waals surface area (Å²) in [4.78, 5) is 73.2. The summed E-state index contributed by atoms with van der Waals surface area (Å²) < 4.78 is 0. The second-order valence-corrected chi connectivity index (χ2v) is 6.56. The number of carboxylic acids is 2. The predicted octanol–water partition coefficient (Wildman–Crippen LogP) is -5.11. The van der Waals surface area contributed by atoms with Gasteiger partial charge in [0.2, 0.25) is 23.6 Å². The van der Waals surface area contributed by atoms with Crippen LogP contribution in [0.25, 0.3) is 0 Å². The van der Waals surface area contributed by atoms with Crippen LogP contribution >= 0.6 is 0 Å². The Morgan fingerprint density at radius 3 is 1.91 bits per heavy atom. The number of carbonyl (C=O) groups is 6. The average molecular weight is 460 g/mol. The molecule has 0 aromatic carbocycles. The number of nitrogens with one attached hydrogen (secondary N) is 3. The Morgan fingerprint density at radius 1 is 0.812 bits per heavy atom. The molecule has 3 unspecified atom stereocenters. The fraction of sp³-hybridized carbons (Fsp3) is 0.562. The maximum Gasteiger partial charge on any atom is 0.322 e. The number of rotatable bonds is 15. The van der Waals surface area contributed by atoms with E-state index in [0.29, 0.717) is 0 Å². The van der Waals surface area contributed by atoms with Crippen LogP contribution in [0.2, 0.25) is 0 Å². The summed E-state index contributed by atoms with van der Waals surface area (Å²) in [6.45, 7) is -0.681. The molecule has 0 spiro atoms. The van der Waals surface area contributed by atoms with Gasteiger partial charge in [0.1, 0.15) is 18.6 Å². The molecule has 0 saturated heterocycles. The molecule has 180 valence electrons. The van der Waals surface area contributed by atoms with Gasteiger partial charge >= 0.3 is 11.9 Å². The number of carboxylic acid groups (broad SMARTS) is 2. The molecule has 0 rings (SSSR count). The van der Waals surface area contributed by atoms with Crippen molar-refractivity contribution in [1.29, 1.82) is 0 Å². The Hall–Kier alpha value is -3.95. The van der Waals surface area contributed by atoms with Crippen LogP contribution in [0.1, 0.15) is 25.7 Å². The van der Waals surface area contributed by atoms with Crippen LogP contribution in [0.4, 0.5) is 0 Å². The van der Waals surface area contributed by atoms with Crippen LogP contribution < -0.4 is 38.9 Å². The molecule has 16 nitrogen and oxygen atoms in total. The highest BCUT2D eigenvalue weighted by Gasteiger charge is 2.29. The summed E-state index contributed by atoms with van der Waals surface area (Å²) in [5, 5.41) is 23.9. The van der Waals surface area contributed by atoms with Gasteiger partial charge in [-0.1, -0.05) is 0 Å². The number of primary amides is 1. The van der Waals surface area contributed by atoms with E-state index in [1.54, 1.807) is 0 Å². The summed E-state index contributed by atoms with van der Waals surface area (Å²) >= 11 is 0. The van der Waals surface area contributed by atoms with Crippen molar-refractivity contribution < 1.29 is 39.0 Å². The molecular weight excluding hydrogens is 432 g/mol. The first-order valence-electron chi connectivity index (χ1n) is 9.24. The molecule has 0 bridgehead atoms. The molecule has 13 N–H and O–H groups in total. The lowest BCUT2D eigenvalue weighted by molar-refractivity contribution is -0.139. The summed E-state index contributed by atoms with van der Waals surface area (Å²) in [6.07, 6.45) is -1.20. The van der Waals surface area contributed by atoms with E-state index >= 15 is 0 Å². The zero-order valence-electron chi connectivity index (χ0n) is 17.1.